The Morgan fingerprint density at radius 1 is 1.33 bits per heavy atom. The third kappa shape index (κ3) is 3.10. The summed E-state index contributed by atoms with van der Waals surface area (Å²) in [6, 6.07) is 10.8. The summed E-state index contributed by atoms with van der Waals surface area (Å²) in [6.45, 7) is 0. The normalized spacial score (nSPS) is 12.4. The van der Waals surface area contributed by atoms with Crippen LogP contribution < -0.4 is 16.2 Å². The Balaban J connectivity index is 2.19. The first-order chi connectivity index (χ1) is 8.70. The summed E-state index contributed by atoms with van der Waals surface area (Å²) in [6.07, 6.45) is 0.914. The van der Waals surface area contributed by atoms with Gasteiger partial charge in [-0.3, -0.25) is 11.3 Å². The molecule has 0 fully saturated rings. The number of rotatable bonds is 5. The molecule has 0 amide bonds. The van der Waals surface area contributed by atoms with Crippen LogP contribution in [0.1, 0.15) is 17.2 Å². The quantitative estimate of drug-likeness (QED) is 0.642. The van der Waals surface area contributed by atoms with E-state index in [0.29, 0.717) is 0 Å². The van der Waals surface area contributed by atoms with Crippen molar-refractivity contribution in [3.8, 4) is 0 Å². The van der Waals surface area contributed by atoms with Crippen molar-refractivity contribution in [2.45, 2.75) is 12.5 Å². The van der Waals surface area contributed by atoms with Gasteiger partial charge in [-0.15, -0.1) is 0 Å². The van der Waals surface area contributed by atoms with E-state index in [1.54, 1.807) is 11.3 Å². The van der Waals surface area contributed by atoms with Gasteiger partial charge < -0.3 is 4.90 Å². The summed E-state index contributed by atoms with van der Waals surface area (Å²) in [7, 11) is 4.09. The van der Waals surface area contributed by atoms with Crippen LogP contribution in [0.2, 0.25) is 0 Å². The van der Waals surface area contributed by atoms with Crippen molar-refractivity contribution in [2.75, 3.05) is 19.0 Å². The second-order valence-corrected chi connectivity index (χ2v) is 5.32. The molecule has 0 radical (unpaired) electrons. The third-order valence-electron chi connectivity index (χ3n) is 3.01. The van der Waals surface area contributed by atoms with Gasteiger partial charge in [0.25, 0.3) is 0 Å². The fraction of sp³-hybridized carbons (Fsp3) is 0.286. The SMILES string of the molecule is CN(C)c1cccc(C(Cc2ccsc2)NN)c1. The first-order valence-electron chi connectivity index (χ1n) is 5.95. The van der Waals surface area contributed by atoms with E-state index in [9.17, 15) is 0 Å². The maximum Gasteiger partial charge on any atom is 0.0501 e. The number of benzene rings is 1. The molecule has 1 aromatic heterocycles. The standard InChI is InChI=1S/C14H19N3S/c1-17(2)13-5-3-4-12(9-13)14(16-15)8-11-6-7-18-10-11/h3-7,9-10,14,16H,8,15H2,1-2H3. The van der Waals surface area contributed by atoms with Gasteiger partial charge in [0.15, 0.2) is 0 Å². The zero-order chi connectivity index (χ0) is 13.0. The minimum Gasteiger partial charge on any atom is -0.378 e. The molecule has 4 heteroatoms. The summed E-state index contributed by atoms with van der Waals surface area (Å²) in [5.41, 5.74) is 6.64. The Kier molecular flexibility index (Phi) is 4.36. The number of nitrogens with two attached hydrogens (primary N) is 1. The highest BCUT2D eigenvalue weighted by atomic mass is 32.1. The number of anilines is 1. The number of hydrogen-bond acceptors (Lipinski definition) is 4. The van der Waals surface area contributed by atoms with Gasteiger partial charge in [0.2, 0.25) is 0 Å². The molecule has 0 aliphatic heterocycles. The zero-order valence-electron chi connectivity index (χ0n) is 10.8. The van der Waals surface area contributed by atoms with Crippen molar-refractivity contribution in [1.82, 2.24) is 5.43 Å². The van der Waals surface area contributed by atoms with Crippen molar-refractivity contribution >= 4 is 17.0 Å². The molecule has 0 saturated carbocycles. The fourth-order valence-corrected chi connectivity index (χ4v) is 2.62. The second-order valence-electron chi connectivity index (χ2n) is 4.54. The fourth-order valence-electron chi connectivity index (χ4n) is 1.94. The van der Waals surface area contributed by atoms with Gasteiger partial charge in [0.1, 0.15) is 0 Å². The van der Waals surface area contributed by atoms with Gasteiger partial charge in [-0.1, -0.05) is 12.1 Å². The maximum atomic E-state index is 5.69. The van der Waals surface area contributed by atoms with Gasteiger partial charge in [-0.2, -0.15) is 11.3 Å². The van der Waals surface area contributed by atoms with Crippen molar-refractivity contribution < 1.29 is 0 Å². The predicted octanol–water partition coefficient (Wildman–Crippen LogP) is 2.56. The highest BCUT2D eigenvalue weighted by Gasteiger charge is 2.11. The number of thiophene rings is 1. The first-order valence-corrected chi connectivity index (χ1v) is 6.89. The van der Waals surface area contributed by atoms with Crippen LogP contribution in [0, 0.1) is 0 Å². The minimum absolute atomic E-state index is 0.152. The Bertz CT molecular complexity index is 480. The van der Waals surface area contributed by atoms with Gasteiger partial charge in [0, 0.05) is 19.8 Å². The van der Waals surface area contributed by atoms with Crippen molar-refractivity contribution in [3.05, 3.63) is 52.2 Å². The molecule has 0 saturated heterocycles. The van der Waals surface area contributed by atoms with Crippen LogP contribution >= 0.6 is 11.3 Å². The lowest BCUT2D eigenvalue weighted by Crippen LogP contribution is -2.29. The smallest absolute Gasteiger partial charge is 0.0501 e. The van der Waals surface area contributed by atoms with Crippen LogP contribution in [0.15, 0.2) is 41.1 Å². The van der Waals surface area contributed by atoms with E-state index in [-0.39, 0.29) is 6.04 Å². The molecule has 1 unspecified atom stereocenters. The van der Waals surface area contributed by atoms with Crippen LogP contribution in [0.3, 0.4) is 0 Å². The molecule has 1 atom stereocenters. The average molecular weight is 261 g/mol. The Morgan fingerprint density at radius 2 is 2.17 bits per heavy atom. The molecule has 3 N–H and O–H groups in total. The monoisotopic (exact) mass is 261 g/mol. The van der Waals surface area contributed by atoms with Crippen molar-refractivity contribution in [2.24, 2.45) is 5.84 Å². The van der Waals surface area contributed by atoms with Crippen LogP contribution in [0.4, 0.5) is 5.69 Å². The van der Waals surface area contributed by atoms with E-state index in [2.05, 4.69) is 51.4 Å². The van der Waals surface area contributed by atoms with E-state index < -0.39 is 0 Å². The van der Waals surface area contributed by atoms with Crippen molar-refractivity contribution in [1.29, 1.82) is 0 Å². The highest BCUT2D eigenvalue weighted by Crippen LogP contribution is 2.22. The number of hydrogen-bond donors (Lipinski definition) is 2. The molecule has 18 heavy (non-hydrogen) atoms. The first kappa shape index (κ1) is 13.1. The van der Waals surface area contributed by atoms with E-state index in [4.69, 9.17) is 5.84 Å². The van der Waals surface area contributed by atoms with Gasteiger partial charge in [-0.25, -0.2) is 0 Å². The number of nitrogens with zero attached hydrogens (tertiary/aromatic N) is 1. The summed E-state index contributed by atoms with van der Waals surface area (Å²) in [5.74, 6) is 5.69. The molecule has 96 valence electrons. The molecule has 3 nitrogen and oxygen atoms in total. The molecule has 2 aromatic rings. The summed E-state index contributed by atoms with van der Waals surface area (Å²) in [4.78, 5) is 2.10. The lowest BCUT2D eigenvalue weighted by Gasteiger charge is -2.19. The predicted molar refractivity (Wildman–Crippen MR) is 78.9 cm³/mol. The molecular formula is C14H19N3S. The van der Waals surface area contributed by atoms with Crippen molar-refractivity contribution in [3.63, 3.8) is 0 Å². The zero-order valence-corrected chi connectivity index (χ0v) is 11.6. The lowest BCUT2D eigenvalue weighted by atomic mass is 10.0. The molecular weight excluding hydrogens is 242 g/mol. The van der Waals surface area contributed by atoms with E-state index in [1.165, 1.54) is 16.8 Å². The lowest BCUT2D eigenvalue weighted by molar-refractivity contribution is 0.552. The molecule has 0 spiro atoms. The van der Waals surface area contributed by atoms with E-state index >= 15 is 0 Å². The summed E-state index contributed by atoms with van der Waals surface area (Å²) >= 11 is 1.72. The molecule has 0 bridgehead atoms. The van der Waals surface area contributed by atoms with Crippen LogP contribution in [-0.4, -0.2) is 14.1 Å². The van der Waals surface area contributed by atoms with Crippen LogP contribution in [0.25, 0.3) is 0 Å². The number of nitrogens with one attached hydrogen (secondary N) is 1. The molecule has 1 heterocycles. The van der Waals surface area contributed by atoms with E-state index in [1.807, 2.05) is 14.1 Å². The molecule has 2 rings (SSSR count). The Hall–Kier alpha value is -1.36. The average Bonchev–Trinajstić information content (AvgIpc) is 2.89. The number of hydrazine groups is 1. The maximum absolute atomic E-state index is 5.69. The van der Waals surface area contributed by atoms with Gasteiger partial charge in [0.05, 0.1) is 6.04 Å². The molecule has 0 aliphatic rings. The van der Waals surface area contributed by atoms with E-state index in [0.717, 1.165) is 6.42 Å². The Morgan fingerprint density at radius 3 is 2.78 bits per heavy atom. The second kappa shape index (κ2) is 6.00. The van der Waals surface area contributed by atoms with Gasteiger partial charge in [-0.05, 0) is 46.5 Å². The summed E-state index contributed by atoms with van der Waals surface area (Å²) in [5, 5.41) is 4.26. The Labute approximate surface area is 112 Å². The summed E-state index contributed by atoms with van der Waals surface area (Å²) < 4.78 is 0. The highest BCUT2D eigenvalue weighted by molar-refractivity contribution is 7.07. The minimum atomic E-state index is 0.152. The topological polar surface area (TPSA) is 41.3 Å². The molecule has 0 aliphatic carbocycles. The largest absolute Gasteiger partial charge is 0.378 e. The van der Waals surface area contributed by atoms with Crippen LogP contribution in [-0.2, 0) is 6.42 Å². The van der Waals surface area contributed by atoms with Crippen LogP contribution in [0.5, 0.6) is 0 Å². The molecule has 1 aromatic carbocycles. The third-order valence-corrected chi connectivity index (χ3v) is 3.74. The van der Waals surface area contributed by atoms with Gasteiger partial charge >= 0.3 is 0 Å².